The molecule has 2 N–H and O–H groups in total. The number of aromatic nitrogens is 1. The number of hydrogen-bond donors (Lipinski definition) is 2. The molecule has 142 valence electrons. The normalized spacial score (nSPS) is 10.9. The Balaban J connectivity index is 0.00000338. The van der Waals surface area contributed by atoms with Gasteiger partial charge in [0.1, 0.15) is 0 Å². The van der Waals surface area contributed by atoms with Gasteiger partial charge in [0.15, 0.2) is 5.96 Å². The molecule has 1 aromatic carbocycles. The van der Waals surface area contributed by atoms with Gasteiger partial charge in [-0.05, 0) is 30.5 Å². The van der Waals surface area contributed by atoms with Gasteiger partial charge in [0, 0.05) is 45.1 Å². The average molecular weight is 468 g/mol. The van der Waals surface area contributed by atoms with Crippen molar-refractivity contribution in [2.45, 2.75) is 25.9 Å². The lowest BCUT2D eigenvalue weighted by Gasteiger charge is -2.11. The zero-order valence-electron chi connectivity index (χ0n) is 15.4. The molecule has 0 unspecified atom stereocenters. The number of nitrogens with one attached hydrogen (secondary N) is 2. The number of aliphatic imine (C=N–C) groups is 1. The lowest BCUT2D eigenvalue weighted by Crippen LogP contribution is -2.38. The SMILES string of the molecule is CN=C(NCCCCOCc1ccccc1)NCCc1ccccn1.I. The zero-order valence-corrected chi connectivity index (χ0v) is 17.7. The van der Waals surface area contributed by atoms with E-state index in [1.807, 2.05) is 42.6 Å². The van der Waals surface area contributed by atoms with Crippen molar-refractivity contribution in [1.29, 1.82) is 0 Å². The topological polar surface area (TPSA) is 58.5 Å². The summed E-state index contributed by atoms with van der Waals surface area (Å²) >= 11 is 0. The van der Waals surface area contributed by atoms with Crippen LogP contribution in [0.1, 0.15) is 24.1 Å². The van der Waals surface area contributed by atoms with Crippen LogP contribution in [0, 0.1) is 0 Å². The van der Waals surface area contributed by atoms with Gasteiger partial charge in [0.25, 0.3) is 0 Å². The molecule has 0 aliphatic rings. The summed E-state index contributed by atoms with van der Waals surface area (Å²) in [7, 11) is 1.79. The standard InChI is InChI=1S/C20H28N4O.HI/c1-21-20(24-15-12-19-11-5-6-13-22-19)23-14-7-8-16-25-17-18-9-3-2-4-10-18;/h2-6,9-11,13H,7-8,12,14-17H2,1H3,(H2,21,23,24);1H. The summed E-state index contributed by atoms with van der Waals surface area (Å²) in [5.74, 6) is 0.834. The van der Waals surface area contributed by atoms with Gasteiger partial charge in [-0.15, -0.1) is 24.0 Å². The molecular weight excluding hydrogens is 439 g/mol. The second-order valence-corrected chi connectivity index (χ2v) is 5.74. The number of unbranched alkanes of at least 4 members (excludes halogenated alkanes) is 1. The van der Waals surface area contributed by atoms with Gasteiger partial charge in [-0.3, -0.25) is 9.98 Å². The maximum Gasteiger partial charge on any atom is 0.190 e. The summed E-state index contributed by atoms with van der Waals surface area (Å²) in [6.07, 6.45) is 4.79. The van der Waals surface area contributed by atoms with Crippen LogP contribution in [0.5, 0.6) is 0 Å². The Hall–Kier alpha value is -1.67. The van der Waals surface area contributed by atoms with E-state index in [9.17, 15) is 0 Å². The number of rotatable bonds is 10. The molecule has 1 aromatic heterocycles. The van der Waals surface area contributed by atoms with E-state index in [2.05, 4.69) is 32.7 Å². The van der Waals surface area contributed by atoms with Gasteiger partial charge < -0.3 is 15.4 Å². The van der Waals surface area contributed by atoms with Crippen LogP contribution in [-0.2, 0) is 17.8 Å². The van der Waals surface area contributed by atoms with Gasteiger partial charge >= 0.3 is 0 Å². The van der Waals surface area contributed by atoms with E-state index in [1.54, 1.807) is 7.05 Å². The van der Waals surface area contributed by atoms with Crippen molar-refractivity contribution in [2.24, 2.45) is 4.99 Å². The van der Waals surface area contributed by atoms with Crippen LogP contribution in [-0.4, -0.2) is 37.7 Å². The molecule has 0 fully saturated rings. The molecular formula is C20H29IN4O. The van der Waals surface area contributed by atoms with Crippen molar-refractivity contribution < 1.29 is 4.74 Å². The van der Waals surface area contributed by atoms with Gasteiger partial charge in [-0.25, -0.2) is 0 Å². The van der Waals surface area contributed by atoms with Gasteiger partial charge in [-0.2, -0.15) is 0 Å². The Labute approximate surface area is 173 Å². The molecule has 1 heterocycles. The van der Waals surface area contributed by atoms with Gasteiger partial charge in [0.2, 0.25) is 0 Å². The summed E-state index contributed by atoms with van der Waals surface area (Å²) < 4.78 is 5.69. The smallest absolute Gasteiger partial charge is 0.190 e. The average Bonchev–Trinajstić information content (AvgIpc) is 2.67. The fraction of sp³-hybridized carbons (Fsp3) is 0.400. The largest absolute Gasteiger partial charge is 0.377 e. The summed E-state index contributed by atoms with van der Waals surface area (Å²) in [5.41, 5.74) is 2.30. The minimum Gasteiger partial charge on any atom is -0.377 e. The lowest BCUT2D eigenvalue weighted by molar-refractivity contribution is 0.117. The predicted octanol–water partition coefficient (Wildman–Crippen LogP) is 3.40. The van der Waals surface area contributed by atoms with Crippen molar-refractivity contribution in [3.8, 4) is 0 Å². The van der Waals surface area contributed by atoms with E-state index in [0.29, 0.717) is 6.61 Å². The Morgan fingerprint density at radius 3 is 2.50 bits per heavy atom. The Morgan fingerprint density at radius 1 is 1.00 bits per heavy atom. The van der Waals surface area contributed by atoms with Crippen molar-refractivity contribution in [1.82, 2.24) is 15.6 Å². The van der Waals surface area contributed by atoms with Crippen LogP contribution in [0.4, 0.5) is 0 Å². The number of hydrogen-bond acceptors (Lipinski definition) is 3. The molecule has 0 saturated heterocycles. The quantitative estimate of drug-likeness (QED) is 0.243. The monoisotopic (exact) mass is 468 g/mol. The summed E-state index contributed by atoms with van der Waals surface area (Å²) in [6.45, 7) is 3.17. The minimum absolute atomic E-state index is 0. The van der Waals surface area contributed by atoms with E-state index >= 15 is 0 Å². The maximum absolute atomic E-state index is 5.69. The first kappa shape index (κ1) is 22.4. The van der Waals surface area contributed by atoms with Crippen LogP contribution in [0.25, 0.3) is 0 Å². The highest BCUT2D eigenvalue weighted by atomic mass is 127. The first-order chi connectivity index (χ1) is 12.4. The van der Waals surface area contributed by atoms with Crippen LogP contribution < -0.4 is 10.6 Å². The molecule has 26 heavy (non-hydrogen) atoms. The fourth-order valence-corrected chi connectivity index (χ4v) is 2.38. The van der Waals surface area contributed by atoms with E-state index in [4.69, 9.17) is 4.74 Å². The molecule has 0 aliphatic heterocycles. The Morgan fingerprint density at radius 2 is 1.77 bits per heavy atom. The maximum atomic E-state index is 5.69. The van der Waals surface area contributed by atoms with Gasteiger partial charge in [0.05, 0.1) is 6.61 Å². The Kier molecular flexibility index (Phi) is 12.5. The van der Waals surface area contributed by atoms with Crippen molar-refractivity contribution >= 4 is 29.9 Å². The summed E-state index contributed by atoms with van der Waals surface area (Å²) in [5, 5.41) is 6.64. The first-order valence-corrected chi connectivity index (χ1v) is 8.84. The van der Waals surface area contributed by atoms with E-state index in [-0.39, 0.29) is 24.0 Å². The molecule has 5 nitrogen and oxygen atoms in total. The molecule has 0 atom stereocenters. The first-order valence-electron chi connectivity index (χ1n) is 8.84. The zero-order chi connectivity index (χ0) is 17.6. The number of ether oxygens (including phenoxy) is 1. The van der Waals surface area contributed by atoms with Crippen LogP contribution in [0.3, 0.4) is 0 Å². The van der Waals surface area contributed by atoms with E-state index < -0.39 is 0 Å². The summed E-state index contributed by atoms with van der Waals surface area (Å²) in [6, 6.07) is 16.2. The third-order valence-electron chi connectivity index (χ3n) is 3.74. The summed E-state index contributed by atoms with van der Waals surface area (Å²) in [4.78, 5) is 8.55. The van der Waals surface area contributed by atoms with Crippen molar-refractivity contribution in [3.63, 3.8) is 0 Å². The van der Waals surface area contributed by atoms with E-state index in [1.165, 1.54) is 5.56 Å². The molecule has 0 aliphatic carbocycles. The number of guanidine groups is 1. The molecule has 2 rings (SSSR count). The van der Waals surface area contributed by atoms with Crippen molar-refractivity contribution in [3.05, 3.63) is 66.0 Å². The van der Waals surface area contributed by atoms with E-state index in [0.717, 1.165) is 50.6 Å². The third kappa shape index (κ3) is 9.72. The number of pyridine rings is 1. The molecule has 0 amide bonds. The lowest BCUT2D eigenvalue weighted by atomic mass is 10.2. The molecule has 2 aromatic rings. The molecule has 0 saturated carbocycles. The fourth-order valence-electron chi connectivity index (χ4n) is 2.38. The highest BCUT2D eigenvalue weighted by Crippen LogP contribution is 2.01. The van der Waals surface area contributed by atoms with Crippen LogP contribution in [0.15, 0.2) is 59.7 Å². The molecule has 6 heteroatoms. The number of halogens is 1. The van der Waals surface area contributed by atoms with Crippen LogP contribution in [0.2, 0.25) is 0 Å². The third-order valence-corrected chi connectivity index (χ3v) is 3.74. The van der Waals surface area contributed by atoms with Gasteiger partial charge in [-0.1, -0.05) is 36.4 Å². The highest BCUT2D eigenvalue weighted by Gasteiger charge is 1.98. The van der Waals surface area contributed by atoms with Crippen LogP contribution >= 0.6 is 24.0 Å². The van der Waals surface area contributed by atoms with Crippen molar-refractivity contribution in [2.75, 3.05) is 26.7 Å². The highest BCUT2D eigenvalue weighted by molar-refractivity contribution is 14.0. The Bertz CT molecular complexity index is 608. The number of nitrogens with zero attached hydrogens (tertiary/aromatic N) is 2. The second-order valence-electron chi connectivity index (χ2n) is 5.74. The second kappa shape index (κ2) is 14.5. The predicted molar refractivity (Wildman–Crippen MR) is 118 cm³/mol. The molecule has 0 bridgehead atoms. The molecule has 0 radical (unpaired) electrons. The number of benzene rings is 1. The molecule has 0 spiro atoms. The minimum atomic E-state index is 0.